The highest BCUT2D eigenvalue weighted by molar-refractivity contribution is 7.89. The molecule has 3 heterocycles. The van der Waals surface area contributed by atoms with E-state index in [2.05, 4.69) is 10.6 Å². The highest BCUT2D eigenvalue weighted by atomic mass is 32.2. The molecule has 3 aliphatic rings. The lowest BCUT2D eigenvalue weighted by Gasteiger charge is -2.35. The molecule has 2 aromatic rings. The van der Waals surface area contributed by atoms with Crippen LogP contribution in [0.4, 0.5) is 4.79 Å². The number of hydrogen-bond acceptors (Lipinski definition) is 11. The summed E-state index contributed by atoms with van der Waals surface area (Å²) >= 11 is 0. The van der Waals surface area contributed by atoms with Crippen LogP contribution in [0.15, 0.2) is 53.4 Å². The number of unbranched alkanes of at least 4 members (excludes halogenated alkanes) is 1. The number of hydrogen-bond donors (Lipinski definition) is 4. The summed E-state index contributed by atoms with van der Waals surface area (Å²) in [5.74, 6) is 0.222. The van der Waals surface area contributed by atoms with Gasteiger partial charge in [0.15, 0.2) is 17.8 Å². The fourth-order valence-corrected chi connectivity index (χ4v) is 8.02. The molecule has 0 aliphatic carbocycles. The fraction of sp³-hybridized carbons (Fsp3) is 0.588. The van der Waals surface area contributed by atoms with Crippen LogP contribution in [0.5, 0.6) is 11.5 Å². The zero-order chi connectivity index (χ0) is 35.0. The third kappa shape index (κ3) is 9.83. The highest BCUT2D eigenvalue weighted by Crippen LogP contribution is 2.36. The van der Waals surface area contributed by atoms with Crippen LogP contribution in [0.1, 0.15) is 45.1 Å². The minimum absolute atomic E-state index is 0.0165. The summed E-state index contributed by atoms with van der Waals surface area (Å²) in [5.41, 5.74) is 0.285. The molecule has 0 aromatic heterocycles. The molecule has 0 spiro atoms. The van der Waals surface area contributed by atoms with Gasteiger partial charge < -0.3 is 44.5 Å². The molecule has 5 rings (SSSR count). The Bertz CT molecular complexity index is 1520. The summed E-state index contributed by atoms with van der Waals surface area (Å²) in [6.07, 6.45) is -0.114. The van der Waals surface area contributed by atoms with Gasteiger partial charge in [-0.15, -0.1) is 0 Å². The quantitative estimate of drug-likeness (QED) is 0.177. The normalized spacial score (nSPS) is 21.3. The summed E-state index contributed by atoms with van der Waals surface area (Å²) in [6, 6.07) is 12.8. The number of nitrogens with one attached hydrogen (secondary N) is 2. The van der Waals surface area contributed by atoms with Gasteiger partial charge >= 0.3 is 6.09 Å². The van der Waals surface area contributed by atoms with Crippen molar-refractivity contribution >= 4 is 22.0 Å². The van der Waals surface area contributed by atoms with Gasteiger partial charge in [-0.05, 0) is 48.8 Å². The predicted molar refractivity (Wildman–Crippen MR) is 176 cm³/mol. The molecule has 14 nitrogen and oxygen atoms in total. The van der Waals surface area contributed by atoms with Crippen molar-refractivity contribution in [2.45, 2.75) is 75.4 Å². The number of nitrogens with zero attached hydrogens (tertiary/aromatic N) is 1. The molecule has 2 aromatic carbocycles. The molecule has 5 atom stereocenters. The van der Waals surface area contributed by atoms with Crippen LogP contribution in [-0.2, 0) is 35.4 Å². The molecule has 3 aliphatic heterocycles. The Morgan fingerprint density at radius 1 is 1.08 bits per heavy atom. The molecule has 2 saturated heterocycles. The number of amides is 2. The fourth-order valence-electron chi connectivity index (χ4n) is 6.36. The maximum absolute atomic E-state index is 14.3. The summed E-state index contributed by atoms with van der Waals surface area (Å²) < 4.78 is 57.5. The van der Waals surface area contributed by atoms with Gasteiger partial charge in [-0.2, -0.15) is 4.31 Å². The summed E-state index contributed by atoms with van der Waals surface area (Å²) in [4.78, 5) is 24.6. The number of rotatable bonds is 17. The van der Waals surface area contributed by atoms with Crippen LogP contribution in [0.2, 0.25) is 0 Å². The minimum Gasteiger partial charge on any atom is -0.454 e. The summed E-state index contributed by atoms with van der Waals surface area (Å²) in [5, 5.41) is 26.1. The molecule has 0 bridgehead atoms. The molecular weight excluding hydrogens is 658 g/mol. The lowest BCUT2D eigenvalue weighted by Crippen LogP contribution is -2.52. The summed E-state index contributed by atoms with van der Waals surface area (Å²) in [7, 11) is -4.19. The Hall–Kier alpha value is -3.47. The molecular formula is C34H47N3O11S. The first kappa shape index (κ1) is 36.8. The van der Waals surface area contributed by atoms with Crippen molar-refractivity contribution in [3.63, 3.8) is 0 Å². The Morgan fingerprint density at radius 2 is 1.86 bits per heavy atom. The smallest absolute Gasteiger partial charge is 0.407 e. The van der Waals surface area contributed by atoms with Gasteiger partial charge in [-0.25, -0.2) is 13.2 Å². The summed E-state index contributed by atoms with van der Waals surface area (Å²) in [6.45, 7) is 4.13. The zero-order valence-electron chi connectivity index (χ0n) is 27.9. The lowest BCUT2D eigenvalue weighted by atomic mass is 9.87. The minimum atomic E-state index is -4.19. The van der Waals surface area contributed by atoms with Crippen molar-refractivity contribution < 1.29 is 51.9 Å². The van der Waals surface area contributed by atoms with Gasteiger partial charge in [0.25, 0.3) is 0 Å². The molecule has 4 N–H and O–H groups in total. The van der Waals surface area contributed by atoms with Crippen molar-refractivity contribution in [3.8, 4) is 11.5 Å². The van der Waals surface area contributed by atoms with E-state index in [0.717, 1.165) is 5.56 Å². The van der Waals surface area contributed by atoms with Crippen LogP contribution < -0.4 is 20.1 Å². The average Bonchev–Trinajstić information content (AvgIpc) is 3.83. The van der Waals surface area contributed by atoms with E-state index in [9.17, 15) is 23.1 Å². The maximum Gasteiger partial charge on any atom is 0.407 e. The predicted octanol–water partition coefficient (Wildman–Crippen LogP) is 2.17. The van der Waals surface area contributed by atoms with Crippen molar-refractivity contribution in [1.29, 1.82) is 0 Å². The first-order chi connectivity index (χ1) is 23.4. The number of aliphatic hydroxyl groups is 2. The number of carbonyl (C=O) groups excluding carboxylic acids is 2. The van der Waals surface area contributed by atoms with E-state index in [1.165, 1.54) is 22.5 Å². The molecule has 0 saturated carbocycles. The molecule has 15 heteroatoms. The van der Waals surface area contributed by atoms with Gasteiger partial charge in [0.1, 0.15) is 12.7 Å². The maximum atomic E-state index is 14.3. The Morgan fingerprint density at radius 3 is 2.63 bits per heavy atom. The third-order valence-electron chi connectivity index (χ3n) is 9.03. The Balaban J connectivity index is 1.34. The molecule has 270 valence electrons. The molecule has 49 heavy (non-hydrogen) atoms. The SMILES string of the molecule is CC(C)(CCCCNC(=O)CO)CN(C[C@@H](O)[C@H](Cc1ccccc1)NC(=O)OC1CO[C@H]2OCC[C@@H]12)S(=O)(=O)c1ccc2c(c1)OCO2. The first-order valence-corrected chi connectivity index (χ1v) is 18.1. The molecule has 0 radical (unpaired) electrons. The van der Waals surface area contributed by atoms with E-state index in [1.807, 2.05) is 44.2 Å². The standard InChI is InChI=1S/C34H47N3O11S/c1-34(2,13-6-7-14-35-31(40)19-38)21-37(49(42,43)24-10-11-28-29(17-24)47-22-46-28)18-27(39)26(16-23-8-4-3-5-9-23)36-33(41)48-30-20-45-32-25(30)12-15-44-32/h3-5,8-11,17,25-27,30,32,38-39H,6-7,12-16,18-22H2,1-2H3,(H,35,40)(H,36,41)/t25-,26-,27+,30?,32+/m0/s1. The van der Waals surface area contributed by atoms with Gasteiger partial charge in [-0.3, -0.25) is 4.79 Å². The molecule has 2 fully saturated rings. The van der Waals surface area contributed by atoms with Crippen LogP contribution >= 0.6 is 0 Å². The first-order valence-electron chi connectivity index (χ1n) is 16.6. The van der Waals surface area contributed by atoms with Crippen LogP contribution in [-0.4, -0.2) is 106 Å². The van der Waals surface area contributed by atoms with Gasteiger partial charge in [0, 0.05) is 25.7 Å². The number of fused-ring (bicyclic) bond motifs is 2. The molecule has 2 amide bonds. The second kappa shape index (κ2) is 16.5. The number of sulfonamides is 1. The van der Waals surface area contributed by atoms with Crippen LogP contribution in [0.3, 0.4) is 0 Å². The van der Waals surface area contributed by atoms with Crippen LogP contribution in [0.25, 0.3) is 0 Å². The monoisotopic (exact) mass is 705 g/mol. The van der Waals surface area contributed by atoms with Gasteiger partial charge in [-0.1, -0.05) is 50.6 Å². The van der Waals surface area contributed by atoms with E-state index < -0.39 is 58.6 Å². The topological polar surface area (TPSA) is 182 Å². The van der Waals surface area contributed by atoms with E-state index >= 15 is 0 Å². The van der Waals surface area contributed by atoms with Crippen LogP contribution in [0, 0.1) is 11.3 Å². The van der Waals surface area contributed by atoms with E-state index in [-0.39, 0.29) is 43.7 Å². The van der Waals surface area contributed by atoms with E-state index in [0.29, 0.717) is 50.3 Å². The van der Waals surface area contributed by atoms with E-state index in [4.69, 9.17) is 28.8 Å². The van der Waals surface area contributed by atoms with Gasteiger partial charge in [0.2, 0.25) is 22.7 Å². The number of aliphatic hydroxyl groups excluding tert-OH is 2. The Labute approximate surface area is 287 Å². The average molecular weight is 706 g/mol. The lowest BCUT2D eigenvalue weighted by molar-refractivity contribution is -0.123. The van der Waals surface area contributed by atoms with Gasteiger partial charge in [0.05, 0.1) is 36.2 Å². The van der Waals surface area contributed by atoms with E-state index in [1.54, 1.807) is 0 Å². The highest BCUT2D eigenvalue weighted by Gasteiger charge is 2.44. The third-order valence-corrected chi connectivity index (χ3v) is 10.8. The Kier molecular flexibility index (Phi) is 12.4. The second-order valence-electron chi connectivity index (χ2n) is 13.4. The number of alkyl carbamates (subject to hydrolysis) is 1. The second-order valence-corrected chi connectivity index (χ2v) is 15.4. The number of ether oxygens (including phenoxy) is 5. The van der Waals surface area contributed by atoms with Crippen molar-refractivity contribution in [3.05, 3.63) is 54.1 Å². The zero-order valence-corrected chi connectivity index (χ0v) is 28.7. The molecule has 1 unspecified atom stereocenters. The number of carbonyl (C=O) groups is 2. The largest absolute Gasteiger partial charge is 0.454 e. The van der Waals surface area contributed by atoms with Crippen molar-refractivity contribution in [2.24, 2.45) is 11.3 Å². The van der Waals surface area contributed by atoms with Crippen molar-refractivity contribution in [1.82, 2.24) is 14.9 Å². The van der Waals surface area contributed by atoms with Crippen molar-refractivity contribution in [2.75, 3.05) is 46.2 Å². The number of benzene rings is 2.